The molecule has 3 aromatic rings. The predicted octanol–water partition coefficient (Wildman–Crippen LogP) is 4.47. The number of esters is 1. The number of rotatable bonds is 4. The van der Waals surface area contributed by atoms with E-state index in [-0.39, 0.29) is 11.3 Å². The van der Waals surface area contributed by atoms with Crippen LogP contribution in [0.4, 0.5) is 10.5 Å². The van der Waals surface area contributed by atoms with Crippen molar-refractivity contribution in [3.8, 4) is 11.3 Å². The first-order valence-electron chi connectivity index (χ1n) is 9.75. The monoisotopic (exact) mass is 508 g/mol. The van der Waals surface area contributed by atoms with E-state index in [1.807, 2.05) is 0 Å². The summed E-state index contributed by atoms with van der Waals surface area (Å²) in [5, 5.41) is 2.17. The van der Waals surface area contributed by atoms with Gasteiger partial charge < -0.3 is 9.15 Å². The Morgan fingerprint density at radius 2 is 1.79 bits per heavy atom. The topological polar surface area (TPSA) is 106 Å². The van der Waals surface area contributed by atoms with Crippen LogP contribution in [0.15, 0.2) is 69.1 Å². The lowest BCUT2D eigenvalue weighted by Gasteiger charge is -2.26. The molecule has 1 aliphatic heterocycles. The minimum absolute atomic E-state index is 0.233. The van der Waals surface area contributed by atoms with Crippen LogP contribution in [-0.2, 0) is 14.3 Å². The summed E-state index contributed by atoms with van der Waals surface area (Å²) in [6, 6.07) is 14.1. The van der Waals surface area contributed by atoms with E-state index in [9.17, 15) is 19.2 Å². The number of imide groups is 2. The summed E-state index contributed by atoms with van der Waals surface area (Å²) in [7, 11) is 1.31. The summed E-state index contributed by atoms with van der Waals surface area (Å²) >= 11 is 3.30. The number of halogens is 1. The molecule has 1 saturated heterocycles. The fourth-order valence-corrected chi connectivity index (χ4v) is 3.70. The van der Waals surface area contributed by atoms with Crippen LogP contribution >= 0.6 is 15.9 Å². The summed E-state index contributed by atoms with van der Waals surface area (Å²) in [5.41, 5.74) is 1.79. The first kappa shape index (κ1) is 22.2. The van der Waals surface area contributed by atoms with Crippen molar-refractivity contribution in [2.75, 3.05) is 12.0 Å². The number of anilines is 1. The molecule has 9 heteroatoms. The van der Waals surface area contributed by atoms with E-state index < -0.39 is 23.8 Å². The van der Waals surface area contributed by atoms with Crippen molar-refractivity contribution in [2.24, 2.45) is 0 Å². The molecule has 0 radical (unpaired) electrons. The highest BCUT2D eigenvalue weighted by molar-refractivity contribution is 9.10. The molecule has 8 nitrogen and oxygen atoms in total. The van der Waals surface area contributed by atoms with Gasteiger partial charge in [-0.15, -0.1) is 0 Å². The lowest BCUT2D eigenvalue weighted by Crippen LogP contribution is -2.54. The number of nitrogens with zero attached hydrogens (tertiary/aromatic N) is 1. The van der Waals surface area contributed by atoms with Gasteiger partial charge in [0.15, 0.2) is 0 Å². The van der Waals surface area contributed by atoms with E-state index in [0.717, 1.165) is 9.37 Å². The Kier molecular flexibility index (Phi) is 5.97. The molecule has 166 valence electrons. The molecule has 0 saturated carbocycles. The Morgan fingerprint density at radius 1 is 1.06 bits per heavy atom. The number of amides is 4. The predicted molar refractivity (Wildman–Crippen MR) is 123 cm³/mol. The SMILES string of the molecule is COC(=O)c1cccc(-c2ccc(/C=C3\C(=O)NC(=O)N(c4ccc(Br)cc4)C3=O)o2)c1C. The second-order valence-corrected chi connectivity index (χ2v) is 8.02. The van der Waals surface area contributed by atoms with Gasteiger partial charge in [-0.3, -0.25) is 14.9 Å². The molecule has 0 aliphatic carbocycles. The number of hydrogen-bond acceptors (Lipinski definition) is 6. The van der Waals surface area contributed by atoms with Crippen LogP contribution in [0.2, 0.25) is 0 Å². The minimum Gasteiger partial charge on any atom is -0.465 e. The van der Waals surface area contributed by atoms with Gasteiger partial charge >= 0.3 is 12.0 Å². The van der Waals surface area contributed by atoms with Crippen LogP contribution in [0.1, 0.15) is 21.7 Å². The number of barbiturate groups is 1. The highest BCUT2D eigenvalue weighted by atomic mass is 79.9. The third-order valence-corrected chi connectivity index (χ3v) is 5.63. The molecule has 0 unspecified atom stereocenters. The van der Waals surface area contributed by atoms with Gasteiger partial charge in [-0.2, -0.15) is 0 Å². The first-order valence-corrected chi connectivity index (χ1v) is 10.5. The lowest BCUT2D eigenvalue weighted by atomic mass is 10.0. The molecule has 4 amide bonds. The summed E-state index contributed by atoms with van der Waals surface area (Å²) in [4.78, 5) is 50.5. The molecule has 2 heterocycles. The molecule has 1 aromatic heterocycles. The van der Waals surface area contributed by atoms with Crippen molar-refractivity contribution in [2.45, 2.75) is 6.92 Å². The van der Waals surface area contributed by atoms with Gasteiger partial charge in [0.1, 0.15) is 17.1 Å². The molecular formula is C24H17BrN2O6. The van der Waals surface area contributed by atoms with Crippen molar-refractivity contribution < 1.29 is 28.3 Å². The van der Waals surface area contributed by atoms with Crippen LogP contribution in [0.3, 0.4) is 0 Å². The van der Waals surface area contributed by atoms with Crippen molar-refractivity contribution in [3.05, 3.63) is 81.5 Å². The van der Waals surface area contributed by atoms with Gasteiger partial charge in [-0.05, 0) is 61.0 Å². The van der Waals surface area contributed by atoms with E-state index in [1.54, 1.807) is 61.5 Å². The second kappa shape index (κ2) is 8.87. The van der Waals surface area contributed by atoms with Gasteiger partial charge in [-0.1, -0.05) is 28.1 Å². The number of methoxy groups -OCH3 is 1. The molecule has 0 spiro atoms. The zero-order chi connectivity index (χ0) is 23.7. The Labute approximate surface area is 197 Å². The van der Waals surface area contributed by atoms with Gasteiger partial charge in [0.2, 0.25) is 0 Å². The molecule has 0 bridgehead atoms. The smallest absolute Gasteiger partial charge is 0.338 e. The quantitative estimate of drug-likeness (QED) is 0.316. The van der Waals surface area contributed by atoms with Gasteiger partial charge in [0.05, 0.1) is 18.4 Å². The zero-order valence-electron chi connectivity index (χ0n) is 17.5. The van der Waals surface area contributed by atoms with E-state index in [4.69, 9.17) is 9.15 Å². The lowest BCUT2D eigenvalue weighted by molar-refractivity contribution is -0.122. The van der Waals surface area contributed by atoms with Gasteiger partial charge in [-0.25, -0.2) is 14.5 Å². The third kappa shape index (κ3) is 4.22. The highest BCUT2D eigenvalue weighted by Crippen LogP contribution is 2.29. The van der Waals surface area contributed by atoms with E-state index in [2.05, 4.69) is 21.2 Å². The number of benzene rings is 2. The third-order valence-electron chi connectivity index (χ3n) is 5.10. The largest absolute Gasteiger partial charge is 0.465 e. The Balaban J connectivity index is 1.68. The fourth-order valence-electron chi connectivity index (χ4n) is 3.43. The summed E-state index contributed by atoms with van der Waals surface area (Å²) in [6.07, 6.45) is 1.28. The Morgan fingerprint density at radius 3 is 2.48 bits per heavy atom. The number of nitrogens with one attached hydrogen (secondary N) is 1. The van der Waals surface area contributed by atoms with Crippen LogP contribution < -0.4 is 10.2 Å². The highest BCUT2D eigenvalue weighted by Gasteiger charge is 2.37. The van der Waals surface area contributed by atoms with Gasteiger partial charge in [0, 0.05) is 10.0 Å². The van der Waals surface area contributed by atoms with Crippen LogP contribution in [0, 0.1) is 6.92 Å². The number of carbonyl (C=O) groups is 4. The second-order valence-electron chi connectivity index (χ2n) is 7.11. The molecular weight excluding hydrogens is 492 g/mol. The van der Waals surface area contributed by atoms with E-state index in [1.165, 1.54) is 13.2 Å². The average Bonchev–Trinajstić information content (AvgIpc) is 3.26. The number of urea groups is 1. The molecule has 1 N–H and O–H groups in total. The molecule has 1 aliphatic rings. The molecule has 4 rings (SSSR count). The molecule has 1 fully saturated rings. The van der Waals surface area contributed by atoms with Crippen LogP contribution in [-0.4, -0.2) is 30.9 Å². The maximum atomic E-state index is 13.0. The summed E-state index contributed by atoms with van der Waals surface area (Å²) < 4.78 is 11.4. The number of ether oxygens (including phenoxy) is 1. The molecule has 33 heavy (non-hydrogen) atoms. The maximum absolute atomic E-state index is 13.0. The summed E-state index contributed by atoms with van der Waals surface area (Å²) in [6.45, 7) is 1.77. The van der Waals surface area contributed by atoms with Crippen molar-refractivity contribution >= 4 is 51.5 Å². The normalized spacial score (nSPS) is 15.1. The van der Waals surface area contributed by atoms with Crippen LogP contribution in [0.5, 0.6) is 0 Å². The number of hydrogen-bond donors (Lipinski definition) is 1. The van der Waals surface area contributed by atoms with E-state index in [0.29, 0.717) is 28.1 Å². The molecule has 0 atom stereocenters. The number of carbonyl (C=O) groups excluding carboxylic acids is 4. The van der Waals surface area contributed by atoms with Gasteiger partial charge in [0.25, 0.3) is 11.8 Å². The van der Waals surface area contributed by atoms with Crippen molar-refractivity contribution in [1.29, 1.82) is 0 Å². The zero-order valence-corrected chi connectivity index (χ0v) is 19.1. The van der Waals surface area contributed by atoms with Crippen molar-refractivity contribution in [3.63, 3.8) is 0 Å². The Bertz CT molecular complexity index is 1320. The van der Waals surface area contributed by atoms with E-state index >= 15 is 0 Å². The Hall–Kier alpha value is -3.98. The van der Waals surface area contributed by atoms with Crippen molar-refractivity contribution in [1.82, 2.24) is 5.32 Å². The average molecular weight is 509 g/mol. The van der Waals surface area contributed by atoms with Crippen LogP contribution in [0.25, 0.3) is 17.4 Å². The fraction of sp³-hybridized carbons (Fsp3) is 0.0833. The standard InChI is InChI=1S/C24H17BrN2O6/c1-13-17(4-3-5-18(13)23(30)32-2)20-11-10-16(33-20)12-19-21(28)26-24(31)27(22(19)29)15-8-6-14(25)7-9-15/h3-12H,1-2H3,(H,26,28,31)/b19-12+. The summed E-state index contributed by atoms with van der Waals surface area (Å²) in [5.74, 6) is -1.38. The number of furan rings is 1. The first-order chi connectivity index (χ1) is 15.8. The maximum Gasteiger partial charge on any atom is 0.338 e. The molecule has 2 aromatic carbocycles. The minimum atomic E-state index is -0.833.